The molecule has 0 aliphatic carbocycles. The first-order valence-electron chi connectivity index (χ1n) is 2.59. The predicted octanol–water partition coefficient (Wildman–Crippen LogP) is 0.795. The van der Waals surface area contributed by atoms with Gasteiger partial charge in [-0.25, -0.2) is 0 Å². The molecule has 0 radical (unpaired) electrons. The van der Waals surface area contributed by atoms with E-state index in [0.29, 0.717) is 17.3 Å². The zero-order valence-electron chi connectivity index (χ0n) is 4.73. The van der Waals surface area contributed by atoms with E-state index < -0.39 is 0 Å². The van der Waals surface area contributed by atoms with Crippen molar-refractivity contribution >= 4 is 17.9 Å². The monoisotopic (exact) mass is 143 g/mol. The highest BCUT2D eigenvalue weighted by molar-refractivity contribution is 6.29. The van der Waals surface area contributed by atoms with Crippen molar-refractivity contribution in [1.29, 1.82) is 0 Å². The van der Waals surface area contributed by atoms with Gasteiger partial charge < -0.3 is 5.32 Å². The average Bonchev–Trinajstić information content (AvgIpc) is 1.88. The SMILES string of the molecule is O=CC1=CCNC(Cl)=C1. The van der Waals surface area contributed by atoms with Crippen molar-refractivity contribution in [2.24, 2.45) is 0 Å². The summed E-state index contributed by atoms with van der Waals surface area (Å²) in [4.78, 5) is 10.1. The largest absolute Gasteiger partial charge is 0.372 e. The number of halogens is 1. The van der Waals surface area contributed by atoms with Gasteiger partial charge >= 0.3 is 0 Å². The Morgan fingerprint density at radius 1 is 1.78 bits per heavy atom. The van der Waals surface area contributed by atoms with Crippen molar-refractivity contribution in [3.63, 3.8) is 0 Å². The fraction of sp³-hybridized carbons (Fsp3) is 0.167. The van der Waals surface area contributed by atoms with Gasteiger partial charge in [-0.05, 0) is 6.08 Å². The quantitative estimate of drug-likeness (QED) is 0.435. The fourth-order valence-electron chi connectivity index (χ4n) is 0.605. The van der Waals surface area contributed by atoms with Crippen LogP contribution >= 0.6 is 11.6 Å². The molecule has 0 unspecified atom stereocenters. The van der Waals surface area contributed by atoms with Crippen molar-refractivity contribution < 1.29 is 4.79 Å². The predicted molar refractivity (Wildman–Crippen MR) is 36.1 cm³/mol. The zero-order valence-corrected chi connectivity index (χ0v) is 5.48. The summed E-state index contributed by atoms with van der Waals surface area (Å²) in [6, 6.07) is 0. The Hall–Kier alpha value is -0.760. The third kappa shape index (κ3) is 1.57. The first kappa shape index (κ1) is 6.36. The van der Waals surface area contributed by atoms with Gasteiger partial charge in [-0.1, -0.05) is 17.7 Å². The molecule has 48 valence electrons. The van der Waals surface area contributed by atoms with Crippen LogP contribution in [0.15, 0.2) is 22.9 Å². The number of aldehydes is 1. The smallest absolute Gasteiger partial charge is 0.149 e. The van der Waals surface area contributed by atoms with Crippen LogP contribution in [0.25, 0.3) is 0 Å². The molecule has 0 spiro atoms. The molecule has 0 saturated heterocycles. The van der Waals surface area contributed by atoms with E-state index in [2.05, 4.69) is 5.32 Å². The molecule has 3 heteroatoms. The van der Waals surface area contributed by atoms with Crippen LogP contribution in [0.4, 0.5) is 0 Å². The van der Waals surface area contributed by atoms with Gasteiger partial charge in [-0.15, -0.1) is 0 Å². The topological polar surface area (TPSA) is 29.1 Å². The fourth-order valence-corrected chi connectivity index (χ4v) is 0.808. The molecule has 1 rings (SSSR count). The van der Waals surface area contributed by atoms with Crippen LogP contribution in [0.1, 0.15) is 0 Å². The van der Waals surface area contributed by atoms with Crippen molar-refractivity contribution in [2.75, 3.05) is 6.54 Å². The van der Waals surface area contributed by atoms with Crippen LogP contribution in [0.2, 0.25) is 0 Å². The Balaban J connectivity index is 2.74. The van der Waals surface area contributed by atoms with E-state index in [0.717, 1.165) is 6.29 Å². The minimum atomic E-state index is 0.527. The molecule has 9 heavy (non-hydrogen) atoms. The summed E-state index contributed by atoms with van der Waals surface area (Å²) >= 11 is 5.54. The van der Waals surface area contributed by atoms with E-state index in [1.807, 2.05) is 0 Å². The van der Waals surface area contributed by atoms with Crippen LogP contribution in [-0.2, 0) is 4.79 Å². The molecular formula is C6H6ClNO. The van der Waals surface area contributed by atoms with Crippen LogP contribution < -0.4 is 5.32 Å². The first-order chi connectivity index (χ1) is 4.33. The molecule has 0 aromatic carbocycles. The molecule has 0 bridgehead atoms. The van der Waals surface area contributed by atoms with Gasteiger partial charge in [-0.2, -0.15) is 0 Å². The molecule has 0 atom stereocenters. The van der Waals surface area contributed by atoms with Gasteiger partial charge in [0.2, 0.25) is 0 Å². The molecule has 0 aromatic heterocycles. The lowest BCUT2D eigenvalue weighted by Crippen LogP contribution is -2.13. The number of carbonyl (C=O) groups is 1. The van der Waals surface area contributed by atoms with E-state index in [9.17, 15) is 4.79 Å². The number of allylic oxidation sites excluding steroid dienone is 2. The second-order valence-corrected chi connectivity index (χ2v) is 2.10. The summed E-state index contributed by atoms with van der Waals surface area (Å²) in [5.74, 6) is 0. The Morgan fingerprint density at radius 2 is 2.56 bits per heavy atom. The molecule has 0 amide bonds. The number of hydrogen-bond acceptors (Lipinski definition) is 2. The highest BCUT2D eigenvalue weighted by Crippen LogP contribution is 2.05. The van der Waals surface area contributed by atoms with Crippen molar-refractivity contribution in [3.05, 3.63) is 22.9 Å². The molecular weight excluding hydrogens is 138 g/mol. The lowest BCUT2D eigenvalue weighted by atomic mass is 10.2. The minimum Gasteiger partial charge on any atom is -0.372 e. The number of dihydropyridines is 1. The van der Waals surface area contributed by atoms with Crippen molar-refractivity contribution in [3.8, 4) is 0 Å². The number of hydrogen-bond donors (Lipinski definition) is 1. The van der Waals surface area contributed by atoms with Crippen LogP contribution in [-0.4, -0.2) is 12.8 Å². The third-order valence-electron chi connectivity index (χ3n) is 1.04. The van der Waals surface area contributed by atoms with Gasteiger partial charge in [0.1, 0.15) is 11.4 Å². The van der Waals surface area contributed by atoms with E-state index in [4.69, 9.17) is 11.6 Å². The maximum atomic E-state index is 10.1. The van der Waals surface area contributed by atoms with Crippen LogP contribution in [0, 0.1) is 0 Å². The summed E-state index contributed by atoms with van der Waals surface area (Å²) in [7, 11) is 0. The van der Waals surface area contributed by atoms with Crippen LogP contribution in [0.3, 0.4) is 0 Å². The second kappa shape index (κ2) is 2.69. The summed E-state index contributed by atoms with van der Waals surface area (Å²) in [6.07, 6.45) is 4.15. The summed E-state index contributed by atoms with van der Waals surface area (Å²) in [5.41, 5.74) is 0.638. The molecule has 0 saturated carbocycles. The maximum Gasteiger partial charge on any atom is 0.149 e. The molecule has 1 aliphatic rings. The van der Waals surface area contributed by atoms with Crippen molar-refractivity contribution in [2.45, 2.75) is 0 Å². The van der Waals surface area contributed by atoms with E-state index in [1.165, 1.54) is 0 Å². The molecule has 1 N–H and O–H groups in total. The molecule has 2 nitrogen and oxygen atoms in total. The number of nitrogens with one attached hydrogen (secondary N) is 1. The molecule has 1 aliphatic heterocycles. The molecule has 0 aromatic rings. The molecule has 1 heterocycles. The highest BCUT2D eigenvalue weighted by Gasteiger charge is 1.98. The van der Waals surface area contributed by atoms with Crippen LogP contribution in [0.5, 0.6) is 0 Å². The minimum absolute atomic E-state index is 0.527. The van der Waals surface area contributed by atoms with Gasteiger partial charge in [0, 0.05) is 12.1 Å². The summed E-state index contributed by atoms with van der Waals surface area (Å²) < 4.78 is 0. The van der Waals surface area contributed by atoms with E-state index in [-0.39, 0.29) is 0 Å². The summed E-state index contributed by atoms with van der Waals surface area (Å²) in [5, 5.41) is 3.36. The average molecular weight is 144 g/mol. The lowest BCUT2D eigenvalue weighted by Gasteiger charge is -2.05. The Morgan fingerprint density at radius 3 is 3.00 bits per heavy atom. The Bertz CT molecular complexity index is 183. The number of rotatable bonds is 1. The number of carbonyl (C=O) groups excluding carboxylic acids is 1. The molecule has 0 fully saturated rings. The Kier molecular flexibility index (Phi) is 1.90. The third-order valence-corrected chi connectivity index (χ3v) is 1.28. The Labute approximate surface area is 58.2 Å². The lowest BCUT2D eigenvalue weighted by molar-refractivity contribution is -0.104. The maximum absolute atomic E-state index is 10.1. The van der Waals surface area contributed by atoms with Gasteiger partial charge in [0.05, 0.1) is 0 Å². The summed E-state index contributed by atoms with van der Waals surface area (Å²) in [6.45, 7) is 0.642. The second-order valence-electron chi connectivity index (χ2n) is 1.70. The van der Waals surface area contributed by atoms with Gasteiger partial charge in [0.25, 0.3) is 0 Å². The van der Waals surface area contributed by atoms with Gasteiger partial charge in [0.15, 0.2) is 0 Å². The normalized spacial score (nSPS) is 17.4. The van der Waals surface area contributed by atoms with Gasteiger partial charge in [-0.3, -0.25) is 4.79 Å². The van der Waals surface area contributed by atoms with E-state index in [1.54, 1.807) is 12.2 Å². The highest BCUT2D eigenvalue weighted by atomic mass is 35.5. The zero-order chi connectivity index (χ0) is 6.69. The standard InChI is InChI=1S/C6H6ClNO/c7-6-3-5(4-9)1-2-8-6/h1,3-4,8H,2H2. The van der Waals surface area contributed by atoms with E-state index >= 15 is 0 Å². The van der Waals surface area contributed by atoms with Crippen molar-refractivity contribution in [1.82, 2.24) is 5.32 Å². The first-order valence-corrected chi connectivity index (χ1v) is 2.97.